The minimum Gasteiger partial charge on any atom is -0.381 e. The van der Waals surface area contributed by atoms with E-state index in [0.717, 1.165) is 6.42 Å². The van der Waals surface area contributed by atoms with Gasteiger partial charge in [0.05, 0.1) is 12.5 Å². The van der Waals surface area contributed by atoms with Crippen LogP contribution in [0.15, 0.2) is 24.3 Å². The first-order valence-electron chi connectivity index (χ1n) is 5.91. The molecular weight excluding hydrogens is 196 g/mol. The Morgan fingerprint density at radius 1 is 1.31 bits per heavy atom. The van der Waals surface area contributed by atoms with Gasteiger partial charge >= 0.3 is 0 Å². The molecule has 2 nitrogen and oxygen atoms in total. The molecule has 0 spiro atoms. The average Bonchev–Trinajstić information content (AvgIpc) is 2.29. The first-order valence-corrected chi connectivity index (χ1v) is 5.91. The summed E-state index contributed by atoms with van der Waals surface area (Å²) in [7, 11) is 0. The Labute approximate surface area is 98.3 Å². The fourth-order valence-electron chi connectivity index (χ4n) is 1.76. The van der Waals surface area contributed by atoms with E-state index in [1.807, 2.05) is 6.07 Å². The van der Waals surface area contributed by atoms with Gasteiger partial charge in [0.1, 0.15) is 0 Å². The van der Waals surface area contributed by atoms with E-state index in [4.69, 9.17) is 5.26 Å². The standard InChI is InChI=1S/C14H20N2/c1-4-12(9-10-15)16-14-8-6-5-7-13(14)11(2)3/h5-8,11-12,16H,4,9H2,1-3H3. The molecular formula is C14H20N2. The van der Waals surface area contributed by atoms with Gasteiger partial charge in [-0.3, -0.25) is 0 Å². The van der Waals surface area contributed by atoms with Crippen molar-refractivity contribution < 1.29 is 0 Å². The third-order valence-electron chi connectivity index (χ3n) is 2.77. The minimum absolute atomic E-state index is 0.255. The summed E-state index contributed by atoms with van der Waals surface area (Å²) in [4.78, 5) is 0. The maximum atomic E-state index is 8.73. The zero-order chi connectivity index (χ0) is 12.0. The van der Waals surface area contributed by atoms with Gasteiger partial charge in [-0.15, -0.1) is 0 Å². The summed E-state index contributed by atoms with van der Waals surface area (Å²) >= 11 is 0. The van der Waals surface area contributed by atoms with Crippen molar-refractivity contribution in [1.82, 2.24) is 0 Å². The monoisotopic (exact) mass is 216 g/mol. The number of nitrogens with zero attached hydrogens (tertiary/aromatic N) is 1. The lowest BCUT2D eigenvalue weighted by molar-refractivity contribution is 0.707. The van der Waals surface area contributed by atoms with E-state index < -0.39 is 0 Å². The highest BCUT2D eigenvalue weighted by molar-refractivity contribution is 5.53. The van der Waals surface area contributed by atoms with Crippen LogP contribution in [-0.4, -0.2) is 6.04 Å². The highest BCUT2D eigenvalue weighted by Gasteiger charge is 2.09. The maximum absolute atomic E-state index is 8.73. The number of hydrogen-bond donors (Lipinski definition) is 1. The molecule has 1 aromatic rings. The molecule has 1 atom stereocenters. The molecule has 16 heavy (non-hydrogen) atoms. The van der Waals surface area contributed by atoms with Gasteiger partial charge in [0.25, 0.3) is 0 Å². The number of benzene rings is 1. The zero-order valence-electron chi connectivity index (χ0n) is 10.3. The molecule has 0 aliphatic heterocycles. The summed E-state index contributed by atoms with van der Waals surface area (Å²) in [5.74, 6) is 0.503. The molecule has 1 aromatic carbocycles. The summed E-state index contributed by atoms with van der Waals surface area (Å²) in [6.45, 7) is 6.48. The fraction of sp³-hybridized carbons (Fsp3) is 0.500. The van der Waals surface area contributed by atoms with E-state index in [9.17, 15) is 0 Å². The second kappa shape index (κ2) is 6.17. The smallest absolute Gasteiger partial charge is 0.0643 e. The Balaban J connectivity index is 2.83. The number of para-hydroxylation sites is 1. The molecule has 0 amide bonds. The molecule has 0 heterocycles. The molecule has 0 saturated carbocycles. The van der Waals surface area contributed by atoms with E-state index in [1.165, 1.54) is 11.3 Å². The second-order valence-electron chi connectivity index (χ2n) is 4.35. The van der Waals surface area contributed by atoms with Crippen LogP contribution in [0.3, 0.4) is 0 Å². The molecule has 0 fully saturated rings. The molecule has 0 saturated heterocycles. The van der Waals surface area contributed by atoms with Gasteiger partial charge in [-0.05, 0) is 24.0 Å². The predicted octanol–water partition coefficient (Wildman–Crippen LogP) is 3.91. The Bertz CT molecular complexity index is 363. The average molecular weight is 216 g/mol. The molecule has 2 heteroatoms. The first-order chi connectivity index (χ1) is 7.69. The molecule has 0 aromatic heterocycles. The van der Waals surface area contributed by atoms with E-state index >= 15 is 0 Å². The van der Waals surface area contributed by atoms with Crippen molar-refractivity contribution in [2.24, 2.45) is 0 Å². The highest BCUT2D eigenvalue weighted by atomic mass is 14.9. The lowest BCUT2D eigenvalue weighted by Crippen LogP contribution is -2.18. The lowest BCUT2D eigenvalue weighted by Gasteiger charge is -2.19. The molecule has 86 valence electrons. The van der Waals surface area contributed by atoms with Crippen LogP contribution in [0.2, 0.25) is 0 Å². The van der Waals surface area contributed by atoms with Crippen LogP contribution in [0.25, 0.3) is 0 Å². The van der Waals surface area contributed by atoms with Crippen molar-refractivity contribution in [3.63, 3.8) is 0 Å². The van der Waals surface area contributed by atoms with Crippen molar-refractivity contribution in [2.75, 3.05) is 5.32 Å². The lowest BCUT2D eigenvalue weighted by atomic mass is 10.0. The molecule has 1 unspecified atom stereocenters. The summed E-state index contributed by atoms with van der Waals surface area (Å²) in [6.07, 6.45) is 1.53. The normalized spacial score (nSPS) is 12.2. The molecule has 0 radical (unpaired) electrons. The minimum atomic E-state index is 0.255. The molecule has 0 aliphatic rings. The quantitative estimate of drug-likeness (QED) is 0.809. The largest absolute Gasteiger partial charge is 0.381 e. The summed E-state index contributed by atoms with van der Waals surface area (Å²) in [5, 5.41) is 12.2. The Hall–Kier alpha value is -1.49. The molecule has 1 N–H and O–H groups in total. The number of nitriles is 1. The Kier molecular flexibility index (Phi) is 4.85. The number of hydrogen-bond acceptors (Lipinski definition) is 2. The SMILES string of the molecule is CCC(CC#N)Nc1ccccc1C(C)C. The number of anilines is 1. The summed E-state index contributed by atoms with van der Waals surface area (Å²) in [5.41, 5.74) is 2.48. The van der Waals surface area contributed by atoms with Gasteiger partial charge in [0.2, 0.25) is 0 Å². The first kappa shape index (κ1) is 12.6. The molecule has 1 rings (SSSR count). The van der Waals surface area contributed by atoms with Crippen LogP contribution < -0.4 is 5.32 Å². The van der Waals surface area contributed by atoms with Crippen LogP contribution in [0.5, 0.6) is 0 Å². The van der Waals surface area contributed by atoms with Gasteiger partial charge in [0, 0.05) is 11.7 Å². The predicted molar refractivity (Wildman–Crippen MR) is 68.5 cm³/mol. The summed E-state index contributed by atoms with van der Waals surface area (Å²) in [6, 6.07) is 10.8. The maximum Gasteiger partial charge on any atom is 0.0643 e. The Morgan fingerprint density at radius 2 is 2.00 bits per heavy atom. The van der Waals surface area contributed by atoms with E-state index in [-0.39, 0.29) is 6.04 Å². The van der Waals surface area contributed by atoms with Crippen molar-refractivity contribution in [2.45, 2.75) is 45.6 Å². The van der Waals surface area contributed by atoms with Gasteiger partial charge < -0.3 is 5.32 Å². The van der Waals surface area contributed by atoms with E-state index in [2.05, 4.69) is 50.4 Å². The topological polar surface area (TPSA) is 35.8 Å². The number of nitrogens with one attached hydrogen (secondary N) is 1. The Morgan fingerprint density at radius 3 is 2.56 bits per heavy atom. The van der Waals surface area contributed by atoms with Crippen LogP contribution in [-0.2, 0) is 0 Å². The number of rotatable bonds is 5. The van der Waals surface area contributed by atoms with Gasteiger partial charge in [-0.1, -0.05) is 39.0 Å². The van der Waals surface area contributed by atoms with Crippen LogP contribution in [0.1, 0.15) is 45.1 Å². The van der Waals surface area contributed by atoms with E-state index in [1.54, 1.807) is 0 Å². The van der Waals surface area contributed by atoms with Crippen LogP contribution in [0.4, 0.5) is 5.69 Å². The fourth-order valence-corrected chi connectivity index (χ4v) is 1.76. The summed E-state index contributed by atoms with van der Waals surface area (Å²) < 4.78 is 0. The van der Waals surface area contributed by atoms with Crippen LogP contribution in [0, 0.1) is 11.3 Å². The molecule has 0 bridgehead atoms. The van der Waals surface area contributed by atoms with E-state index in [0.29, 0.717) is 12.3 Å². The van der Waals surface area contributed by atoms with Gasteiger partial charge in [0.15, 0.2) is 0 Å². The van der Waals surface area contributed by atoms with Crippen LogP contribution >= 0.6 is 0 Å². The van der Waals surface area contributed by atoms with Crippen molar-refractivity contribution >= 4 is 5.69 Å². The third-order valence-corrected chi connectivity index (χ3v) is 2.77. The highest BCUT2D eigenvalue weighted by Crippen LogP contribution is 2.24. The van der Waals surface area contributed by atoms with Gasteiger partial charge in [-0.2, -0.15) is 5.26 Å². The molecule has 0 aliphatic carbocycles. The van der Waals surface area contributed by atoms with Gasteiger partial charge in [-0.25, -0.2) is 0 Å². The van der Waals surface area contributed by atoms with Crippen molar-refractivity contribution in [1.29, 1.82) is 5.26 Å². The second-order valence-corrected chi connectivity index (χ2v) is 4.35. The van der Waals surface area contributed by atoms with Crippen molar-refractivity contribution in [3.05, 3.63) is 29.8 Å². The third kappa shape index (κ3) is 3.27. The van der Waals surface area contributed by atoms with Crippen molar-refractivity contribution in [3.8, 4) is 6.07 Å². The zero-order valence-corrected chi connectivity index (χ0v) is 10.3.